The van der Waals surface area contributed by atoms with Crippen LogP contribution in [-0.2, 0) is 95.2 Å². The Bertz CT molecular complexity index is 2960. The average molecular weight is 1240 g/mol. The first-order valence-electron chi connectivity index (χ1n) is 31.6. The van der Waals surface area contributed by atoms with Crippen LogP contribution in [0.2, 0.25) is 0 Å². The van der Waals surface area contributed by atoms with E-state index in [-0.39, 0.29) is 39.5 Å². The lowest BCUT2D eigenvalue weighted by molar-refractivity contribution is -0.369. The van der Waals surface area contributed by atoms with Crippen LogP contribution >= 0.6 is 0 Å². The predicted octanol–water partition coefficient (Wildman–Crippen LogP) is 10.1. The van der Waals surface area contributed by atoms with E-state index < -0.39 is 139 Å². The quantitative estimate of drug-likeness (QED) is 0.0618. The van der Waals surface area contributed by atoms with Gasteiger partial charge in [-0.3, -0.25) is 38.4 Å². The summed E-state index contributed by atoms with van der Waals surface area (Å²) < 4.78 is 73.4. The highest BCUT2D eigenvalue weighted by Crippen LogP contribution is 2.76. The summed E-state index contributed by atoms with van der Waals surface area (Å²) in [6.07, 6.45) is -5.64. The SMILES string of the molecule is CC(=O)OC[C@H]1O[C@@H](O[C@H]2[C@H](OC(C)=O)[C@@H](OC(C)=O)[C@H](O[C@H]3CC[C@]4(C)[C@H]5CC=C6[C@@H]7C[C@@](C)(C(=O)OC(c8ccccc8)c8ccccc8)CC[C@]7(C)CC[C@@]6(C)[C@]5(C)CC[C@H]4C3(C)C)O[C@@H]2COC(C)=O)[C@H](OC(C)=O)[C@@H](OC(C)=O)[C@H]1OC(C)=O. The van der Waals surface area contributed by atoms with E-state index in [1.54, 1.807) is 0 Å². The molecule has 2 aliphatic heterocycles. The van der Waals surface area contributed by atoms with Crippen molar-refractivity contribution in [2.45, 2.75) is 235 Å². The number of hydrogen-bond acceptors (Lipinski definition) is 20. The Morgan fingerprint density at radius 1 is 0.506 bits per heavy atom. The highest BCUT2D eigenvalue weighted by molar-refractivity contribution is 5.77. The zero-order valence-electron chi connectivity index (χ0n) is 54.2. The predicted molar refractivity (Wildman–Crippen MR) is 318 cm³/mol. The summed E-state index contributed by atoms with van der Waals surface area (Å²) in [4.78, 5) is 104. The Labute approximate surface area is 522 Å². The molecule has 19 atom stereocenters. The molecule has 0 aromatic heterocycles. The van der Waals surface area contributed by atoms with Gasteiger partial charge in [0.05, 0.1) is 11.5 Å². The molecule has 0 radical (unpaired) electrons. The standard InChI is InChI=1S/C69H92O20/c1-38(70)78-36-49-55(80-40(3)72)57(81-41(4)73)60(84-44(7)76)62(86-49)88-56-50(37-79-39(2)71)85-61(59(83-43(6)75)58(56)82-42(5)74)87-53-28-29-67(12)51(64(53,8)9)27-30-69(14)52(67)26-25-47-48-35-66(11,32-31-65(48,10)33-34-68(47,69)13)63(77)89-54(45-21-17-15-18-22-45)46-23-19-16-20-24-46/h15-25,48-62H,26-37H2,1-14H3/t48-,49+,50+,51-,52+,53-,55-,56+,57-,58-,59+,60+,61-,62-,65+,66-,67-,68+,69+/m0/s1. The Balaban J connectivity index is 0.992. The van der Waals surface area contributed by atoms with Gasteiger partial charge in [0.2, 0.25) is 0 Å². The van der Waals surface area contributed by atoms with Crippen molar-refractivity contribution in [1.29, 1.82) is 0 Å². The number of hydrogen-bond donors (Lipinski definition) is 0. The van der Waals surface area contributed by atoms with Crippen LogP contribution in [-0.4, -0.2) is 128 Å². The Hall–Kier alpha value is -6.22. The molecular weight excluding hydrogens is 1150 g/mol. The van der Waals surface area contributed by atoms with Gasteiger partial charge >= 0.3 is 47.8 Å². The minimum Gasteiger partial charge on any atom is -0.463 e. The maximum Gasteiger partial charge on any atom is 0.312 e. The van der Waals surface area contributed by atoms with Crippen LogP contribution in [0.1, 0.15) is 178 Å². The Morgan fingerprint density at radius 2 is 0.978 bits per heavy atom. The zero-order valence-corrected chi connectivity index (χ0v) is 54.2. The highest BCUT2D eigenvalue weighted by Gasteiger charge is 2.69. The zero-order chi connectivity index (χ0) is 64.8. The van der Waals surface area contributed by atoms with Crippen molar-refractivity contribution in [2.75, 3.05) is 13.2 Å². The number of rotatable bonds is 17. The van der Waals surface area contributed by atoms with E-state index in [1.165, 1.54) is 19.4 Å². The molecule has 0 bridgehead atoms. The molecule has 0 spiro atoms. The molecule has 5 aliphatic carbocycles. The fourth-order valence-corrected chi connectivity index (χ4v) is 17.3. The van der Waals surface area contributed by atoms with Gasteiger partial charge in [-0.1, -0.05) is 114 Å². The number of carbonyl (C=O) groups excluding carboxylic acids is 8. The molecule has 2 aromatic rings. The molecule has 2 saturated heterocycles. The first-order chi connectivity index (χ1) is 41.8. The molecule has 6 fully saturated rings. The molecule has 0 unspecified atom stereocenters. The third kappa shape index (κ3) is 13.4. The lowest BCUT2D eigenvalue weighted by Gasteiger charge is -2.71. The van der Waals surface area contributed by atoms with Crippen molar-refractivity contribution in [3.63, 3.8) is 0 Å². The van der Waals surface area contributed by atoms with Crippen LogP contribution in [0, 0.1) is 50.2 Å². The highest BCUT2D eigenvalue weighted by atomic mass is 16.8. The van der Waals surface area contributed by atoms with E-state index in [1.807, 2.05) is 60.7 Å². The van der Waals surface area contributed by atoms with Crippen LogP contribution in [0.5, 0.6) is 0 Å². The number of esters is 8. The van der Waals surface area contributed by atoms with Crippen molar-refractivity contribution >= 4 is 47.8 Å². The third-order valence-electron chi connectivity index (χ3n) is 21.9. The summed E-state index contributed by atoms with van der Waals surface area (Å²) in [5.74, 6) is -5.27. The van der Waals surface area contributed by atoms with Gasteiger partial charge in [-0.2, -0.15) is 0 Å². The number of ether oxygens (including phenoxy) is 12. The summed E-state index contributed by atoms with van der Waals surface area (Å²) in [6.45, 7) is 23.2. The van der Waals surface area contributed by atoms with Gasteiger partial charge in [0.25, 0.3) is 0 Å². The van der Waals surface area contributed by atoms with Crippen molar-refractivity contribution in [2.24, 2.45) is 50.2 Å². The molecule has 9 rings (SSSR count). The third-order valence-corrected chi connectivity index (χ3v) is 21.9. The summed E-state index contributed by atoms with van der Waals surface area (Å²) in [5.41, 5.74) is 1.77. The van der Waals surface area contributed by atoms with E-state index in [0.29, 0.717) is 18.8 Å². The van der Waals surface area contributed by atoms with E-state index in [9.17, 15) is 38.4 Å². The smallest absolute Gasteiger partial charge is 0.312 e. The molecule has 20 nitrogen and oxygen atoms in total. The minimum absolute atomic E-state index is 0.0315. The molecule has 20 heteroatoms. The first-order valence-corrected chi connectivity index (χ1v) is 31.6. The van der Waals surface area contributed by atoms with Gasteiger partial charge in [-0.05, 0) is 127 Å². The monoisotopic (exact) mass is 1240 g/mol. The van der Waals surface area contributed by atoms with E-state index >= 15 is 0 Å². The van der Waals surface area contributed by atoms with Gasteiger partial charge in [-0.15, -0.1) is 0 Å². The largest absolute Gasteiger partial charge is 0.463 e. The number of allylic oxidation sites excluding steroid dienone is 2. The molecule has 2 heterocycles. The van der Waals surface area contributed by atoms with Gasteiger partial charge in [-0.25, -0.2) is 0 Å². The number of carbonyl (C=O) groups is 8. The van der Waals surface area contributed by atoms with E-state index in [4.69, 9.17) is 56.8 Å². The molecule has 7 aliphatic rings. The molecule has 0 amide bonds. The number of benzene rings is 2. The maximum absolute atomic E-state index is 14.9. The van der Waals surface area contributed by atoms with Crippen LogP contribution in [0.3, 0.4) is 0 Å². The second-order valence-corrected chi connectivity index (χ2v) is 28.0. The molecular formula is C69H92O20. The molecule has 0 N–H and O–H groups in total. The first kappa shape index (κ1) is 67.2. The fraction of sp³-hybridized carbons (Fsp3) is 0.681. The fourth-order valence-electron chi connectivity index (χ4n) is 17.3. The van der Waals surface area contributed by atoms with E-state index in [2.05, 4.69) is 54.5 Å². The van der Waals surface area contributed by atoms with Crippen molar-refractivity contribution < 1.29 is 95.2 Å². The Morgan fingerprint density at radius 3 is 1.49 bits per heavy atom. The van der Waals surface area contributed by atoms with Gasteiger partial charge in [0.1, 0.15) is 31.5 Å². The van der Waals surface area contributed by atoms with Gasteiger partial charge in [0.15, 0.2) is 49.2 Å². The molecule has 4 saturated carbocycles. The summed E-state index contributed by atoms with van der Waals surface area (Å²) >= 11 is 0. The van der Waals surface area contributed by atoms with Crippen LogP contribution in [0.15, 0.2) is 72.3 Å². The lowest BCUT2D eigenvalue weighted by Crippen LogP contribution is -2.68. The van der Waals surface area contributed by atoms with Crippen molar-refractivity contribution in [3.05, 3.63) is 83.4 Å². The topological polar surface area (TPSA) is 247 Å². The van der Waals surface area contributed by atoms with Crippen molar-refractivity contribution in [3.8, 4) is 0 Å². The van der Waals surface area contributed by atoms with Crippen LogP contribution in [0.4, 0.5) is 0 Å². The molecule has 2 aromatic carbocycles. The maximum atomic E-state index is 14.9. The van der Waals surface area contributed by atoms with E-state index in [0.717, 1.165) is 97.1 Å². The van der Waals surface area contributed by atoms with Gasteiger partial charge in [0, 0.05) is 48.5 Å². The van der Waals surface area contributed by atoms with Crippen LogP contribution in [0.25, 0.3) is 0 Å². The minimum atomic E-state index is -1.82. The van der Waals surface area contributed by atoms with Crippen LogP contribution < -0.4 is 0 Å². The van der Waals surface area contributed by atoms with Crippen molar-refractivity contribution in [1.82, 2.24) is 0 Å². The Kier molecular flexibility index (Phi) is 19.8. The second-order valence-electron chi connectivity index (χ2n) is 28.0. The average Bonchev–Trinajstić information content (AvgIpc) is 0.680. The lowest BCUT2D eigenvalue weighted by atomic mass is 9.33. The molecule has 89 heavy (non-hydrogen) atoms. The second kappa shape index (κ2) is 26.2. The summed E-state index contributed by atoms with van der Waals surface area (Å²) in [7, 11) is 0. The summed E-state index contributed by atoms with van der Waals surface area (Å²) in [5, 5.41) is 0. The normalized spacial score (nSPS) is 37.8. The molecule has 488 valence electrons. The summed E-state index contributed by atoms with van der Waals surface area (Å²) in [6, 6.07) is 20.0. The number of fused-ring (bicyclic) bond motifs is 7. The van der Waals surface area contributed by atoms with Gasteiger partial charge < -0.3 is 56.8 Å².